The van der Waals surface area contributed by atoms with E-state index in [1.54, 1.807) is 0 Å². The summed E-state index contributed by atoms with van der Waals surface area (Å²) in [5.41, 5.74) is 10.4. The molecule has 0 aliphatic carbocycles. The highest BCUT2D eigenvalue weighted by atomic mass is 16.4. The largest absolute Gasteiger partial charge is 0.480 e. The van der Waals surface area contributed by atoms with Crippen molar-refractivity contribution in [3.8, 4) is 0 Å². The van der Waals surface area contributed by atoms with Gasteiger partial charge in [0.05, 0.1) is 13.2 Å². The van der Waals surface area contributed by atoms with Crippen LogP contribution >= 0.6 is 0 Å². The van der Waals surface area contributed by atoms with Gasteiger partial charge in [-0.2, -0.15) is 0 Å². The molecule has 0 saturated carbocycles. The van der Waals surface area contributed by atoms with Crippen LogP contribution in [-0.2, 0) is 4.79 Å². The Kier molecular flexibility index (Phi) is 14.2. The maximum absolute atomic E-state index is 10.1. The molecule has 1 unspecified atom stereocenters. The number of aliphatic hydroxyl groups is 5. The summed E-state index contributed by atoms with van der Waals surface area (Å²) in [4.78, 5) is 10.1. The molecule has 9 heteroatoms. The molecule has 0 heterocycles. The summed E-state index contributed by atoms with van der Waals surface area (Å²) in [5, 5.41) is 50.9. The molecule has 122 valence electrons. The fourth-order valence-electron chi connectivity index (χ4n) is 1.10. The summed E-state index contributed by atoms with van der Waals surface area (Å²) in [6.07, 6.45) is -2.13. The monoisotopic (exact) mass is 298 g/mol. The zero-order valence-corrected chi connectivity index (χ0v) is 11.3. The molecule has 0 saturated heterocycles. The maximum Gasteiger partial charge on any atom is 0.320 e. The predicted molar refractivity (Wildman–Crippen MR) is 70.7 cm³/mol. The van der Waals surface area contributed by atoms with Crippen LogP contribution in [0.15, 0.2) is 0 Å². The molecule has 0 aliphatic rings. The Hall–Kier alpha value is -0.810. The van der Waals surface area contributed by atoms with Gasteiger partial charge in [0.1, 0.15) is 24.4 Å². The highest BCUT2D eigenvalue weighted by molar-refractivity contribution is 5.72. The number of unbranched alkanes of at least 4 members (excludes halogenated alkanes) is 1. The number of carbonyl (C=O) groups is 1. The summed E-state index contributed by atoms with van der Waals surface area (Å²) in [5.74, 6) is -0.933. The molecule has 9 nitrogen and oxygen atoms in total. The quantitative estimate of drug-likeness (QED) is 0.200. The van der Waals surface area contributed by atoms with Crippen molar-refractivity contribution in [2.75, 3.05) is 19.8 Å². The van der Waals surface area contributed by atoms with Gasteiger partial charge in [-0.05, 0) is 19.4 Å². The van der Waals surface area contributed by atoms with Gasteiger partial charge < -0.3 is 42.1 Å². The molecule has 0 spiro atoms. The third kappa shape index (κ3) is 11.1. The second-order valence-electron chi connectivity index (χ2n) is 4.22. The number of hydrogen-bond acceptors (Lipinski definition) is 8. The predicted octanol–water partition coefficient (Wildman–Crippen LogP) is -3.42. The van der Waals surface area contributed by atoms with E-state index in [0.29, 0.717) is 13.0 Å². The maximum atomic E-state index is 10.1. The normalized spacial score (nSPS) is 16.6. The molecule has 0 fully saturated rings. The molecule has 0 aromatic heterocycles. The molecule has 0 aliphatic heterocycles. The molecule has 0 aromatic carbocycles. The van der Waals surface area contributed by atoms with Gasteiger partial charge >= 0.3 is 5.97 Å². The second-order valence-corrected chi connectivity index (χ2v) is 4.22. The van der Waals surface area contributed by atoms with Crippen molar-refractivity contribution in [3.05, 3.63) is 0 Å². The smallest absolute Gasteiger partial charge is 0.320 e. The highest BCUT2D eigenvalue weighted by Gasteiger charge is 2.22. The number of rotatable bonds is 9. The van der Waals surface area contributed by atoms with E-state index in [1.165, 1.54) is 0 Å². The SMILES string of the molecule is NCCCCC(N)C(=O)O.OC[C@@H](O)[C@H](O)[C@@H](O)CO. The zero-order chi connectivity index (χ0) is 16.1. The van der Waals surface area contributed by atoms with Crippen molar-refractivity contribution in [2.45, 2.75) is 43.6 Å². The van der Waals surface area contributed by atoms with Gasteiger partial charge in [-0.3, -0.25) is 4.79 Å². The van der Waals surface area contributed by atoms with Crippen LogP contribution in [0, 0.1) is 0 Å². The van der Waals surface area contributed by atoms with Crippen molar-refractivity contribution >= 4 is 5.97 Å². The average Bonchev–Trinajstić information content (AvgIpc) is 2.45. The van der Waals surface area contributed by atoms with Gasteiger partial charge in [-0.1, -0.05) is 6.42 Å². The molecule has 0 rings (SSSR count). The molecular weight excluding hydrogens is 272 g/mol. The Labute approximate surface area is 117 Å². The number of aliphatic carboxylic acids is 1. The fourth-order valence-corrected chi connectivity index (χ4v) is 1.10. The van der Waals surface area contributed by atoms with Gasteiger partial charge in [0.2, 0.25) is 0 Å². The topological polar surface area (TPSA) is 190 Å². The number of hydrogen-bond donors (Lipinski definition) is 8. The second kappa shape index (κ2) is 13.2. The first kappa shape index (κ1) is 21.5. The first-order valence-electron chi connectivity index (χ1n) is 6.26. The van der Waals surface area contributed by atoms with Crippen molar-refractivity contribution in [1.29, 1.82) is 0 Å². The lowest BCUT2D eigenvalue weighted by Gasteiger charge is -2.19. The van der Waals surface area contributed by atoms with E-state index < -0.39 is 43.5 Å². The van der Waals surface area contributed by atoms with Crippen LogP contribution in [0.4, 0.5) is 0 Å². The van der Waals surface area contributed by atoms with E-state index in [1.807, 2.05) is 0 Å². The van der Waals surface area contributed by atoms with Crippen molar-refractivity contribution in [3.63, 3.8) is 0 Å². The van der Waals surface area contributed by atoms with E-state index in [0.717, 1.165) is 12.8 Å². The van der Waals surface area contributed by atoms with Gasteiger partial charge in [0.15, 0.2) is 0 Å². The van der Waals surface area contributed by atoms with E-state index in [9.17, 15) is 4.79 Å². The Bertz CT molecular complexity index is 233. The third-order valence-corrected chi connectivity index (χ3v) is 2.45. The lowest BCUT2D eigenvalue weighted by molar-refractivity contribution is -0.138. The number of nitrogens with two attached hydrogens (primary N) is 2. The van der Waals surface area contributed by atoms with Crippen LogP contribution < -0.4 is 11.5 Å². The van der Waals surface area contributed by atoms with Crippen LogP contribution in [0.2, 0.25) is 0 Å². The molecule has 4 atom stereocenters. The van der Waals surface area contributed by atoms with E-state index in [-0.39, 0.29) is 0 Å². The van der Waals surface area contributed by atoms with Gasteiger partial charge in [-0.25, -0.2) is 0 Å². The molecule has 0 amide bonds. The molecular formula is C11H26N2O7. The minimum Gasteiger partial charge on any atom is -0.480 e. The lowest BCUT2D eigenvalue weighted by atomic mass is 10.1. The lowest BCUT2D eigenvalue weighted by Crippen LogP contribution is -2.41. The molecule has 20 heavy (non-hydrogen) atoms. The zero-order valence-electron chi connectivity index (χ0n) is 11.3. The first-order valence-corrected chi connectivity index (χ1v) is 6.26. The number of carboxylic acids is 1. The molecule has 0 aromatic rings. The number of carboxylic acid groups (broad SMARTS) is 1. The minimum absolute atomic E-state index is 0.520. The van der Waals surface area contributed by atoms with Crippen molar-refractivity contribution in [2.24, 2.45) is 11.5 Å². The number of aliphatic hydroxyl groups excluding tert-OH is 5. The molecule has 0 radical (unpaired) electrons. The molecule has 0 bridgehead atoms. The Morgan fingerprint density at radius 1 is 1.00 bits per heavy atom. The third-order valence-electron chi connectivity index (χ3n) is 2.45. The van der Waals surface area contributed by atoms with Crippen LogP contribution in [0.5, 0.6) is 0 Å². The summed E-state index contributed by atoms with van der Waals surface area (Å²) in [7, 11) is 0. The summed E-state index contributed by atoms with van der Waals surface area (Å²) in [6, 6.07) is -0.716. The summed E-state index contributed by atoms with van der Waals surface area (Å²) in [6.45, 7) is -0.678. The van der Waals surface area contributed by atoms with E-state index in [2.05, 4.69) is 0 Å². The van der Waals surface area contributed by atoms with Gasteiger partial charge in [0.25, 0.3) is 0 Å². The first-order chi connectivity index (χ1) is 9.31. The Morgan fingerprint density at radius 3 is 1.75 bits per heavy atom. The summed E-state index contributed by atoms with van der Waals surface area (Å²) < 4.78 is 0. The fraction of sp³-hybridized carbons (Fsp3) is 0.909. The minimum atomic E-state index is -1.49. The molecule has 10 N–H and O–H groups in total. The Balaban J connectivity index is 0. The standard InChI is InChI=1S/C6H14N2O2.C5H12O5/c7-4-2-1-3-5(8)6(9)10;6-1-3(8)5(10)4(9)2-7/h5H,1-4,7-8H2,(H,9,10);3-10H,1-2H2/t;3-,4+,5+. The van der Waals surface area contributed by atoms with Crippen molar-refractivity contribution < 1.29 is 35.4 Å². The van der Waals surface area contributed by atoms with Gasteiger partial charge in [-0.15, -0.1) is 0 Å². The van der Waals surface area contributed by atoms with Gasteiger partial charge in [0, 0.05) is 0 Å². The highest BCUT2D eigenvalue weighted by Crippen LogP contribution is 1.98. The van der Waals surface area contributed by atoms with Crippen molar-refractivity contribution in [1.82, 2.24) is 0 Å². The summed E-state index contributed by atoms with van der Waals surface area (Å²) >= 11 is 0. The average molecular weight is 298 g/mol. The van der Waals surface area contributed by atoms with Crippen LogP contribution in [0.1, 0.15) is 19.3 Å². The van der Waals surface area contributed by atoms with E-state index in [4.69, 9.17) is 42.1 Å². The van der Waals surface area contributed by atoms with Crippen LogP contribution in [0.25, 0.3) is 0 Å². The Morgan fingerprint density at radius 2 is 1.45 bits per heavy atom. The van der Waals surface area contributed by atoms with Crippen LogP contribution in [0.3, 0.4) is 0 Å². The van der Waals surface area contributed by atoms with E-state index >= 15 is 0 Å². The van der Waals surface area contributed by atoms with Crippen LogP contribution in [-0.4, -0.2) is 80.7 Å².